The molecule has 1 aromatic carbocycles. The summed E-state index contributed by atoms with van der Waals surface area (Å²) in [4.78, 5) is 2.36. The Balaban J connectivity index is 2.73. The Hall–Kier alpha value is -0.860. The number of nitrogens with one attached hydrogen (secondary N) is 1. The van der Waals surface area contributed by atoms with Crippen molar-refractivity contribution in [1.29, 1.82) is 0 Å². The van der Waals surface area contributed by atoms with Crippen LogP contribution < -0.4 is 5.32 Å². The van der Waals surface area contributed by atoms with Gasteiger partial charge in [-0.25, -0.2) is 0 Å². The average Bonchev–Trinajstić information content (AvgIpc) is 2.20. The Morgan fingerprint density at radius 2 is 1.69 bits per heavy atom. The molecule has 0 heterocycles. The molecule has 0 saturated carbocycles. The van der Waals surface area contributed by atoms with Crippen molar-refractivity contribution in [2.24, 2.45) is 0 Å². The number of likely N-dealkylation sites (N-methyl/N-ethyl adjacent to an activating group) is 2. The average molecular weight is 220 g/mol. The Morgan fingerprint density at radius 1 is 1.12 bits per heavy atom. The Morgan fingerprint density at radius 3 is 2.19 bits per heavy atom. The molecule has 16 heavy (non-hydrogen) atoms. The maximum atomic E-state index is 3.18. The van der Waals surface area contributed by atoms with Gasteiger partial charge in [-0.3, -0.25) is 0 Å². The highest BCUT2D eigenvalue weighted by Crippen LogP contribution is 2.17. The predicted octanol–water partition coefficient (Wildman–Crippen LogP) is 2.26. The molecule has 0 saturated heterocycles. The topological polar surface area (TPSA) is 15.3 Å². The lowest BCUT2D eigenvalue weighted by Gasteiger charge is -2.20. The van der Waals surface area contributed by atoms with Gasteiger partial charge in [-0.05, 0) is 51.6 Å². The molecule has 1 aromatic rings. The Kier molecular flexibility index (Phi) is 4.97. The van der Waals surface area contributed by atoms with Gasteiger partial charge in [-0.2, -0.15) is 0 Å². The van der Waals surface area contributed by atoms with Crippen LogP contribution in [0.1, 0.15) is 22.3 Å². The molecule has 0 spiro atoms. The zero-order valence-corrected chi connectivity index (χ0v) is 11.2. The zero-order valence-electron chi connectivity index (χ0n) is 11.2. The molecule has 0 fully saturated rings. The minimum absolute atomic E-state index is 1.04. The van der Waals surface area contributed by atoms with E-state index in [2.05, 4.69) is 50.2 Å². The van der Waals surface area contributed by atoms with Crippen LogP contribution in [0.3, 0.4) is 0 Å². The second kappa shape index (κ2) is 6.02. The fourth-order valence-corrected chi connectivity index (χ4v) is 2.11. The van der Waals surface area contributed by atoms with Gasteiger partial charge in [-0.1, -0.05) is 17.7 Å². The third kappa shape index (κ3) is 3.62. The van der Waals surface area contributed by atoms with E-state index in [1.165, 1.54) is 22.3 Å². The number of aryl methyl sites for hydroxylation is 3. The van der Waals surface area contributed by atoms with E-state index in [1.807, 2.05) is 7.05 Å². The first-order valence-corrected chi connectivity index (χ1v) is 5.94. The van der Waals surface area contributed by atoms with Gasteiger partial charge >= 0.3 is 0 Å². The van der Waals surface area contributed by atoms with Gasteiger partial charge in [0.05, 0.1) is 0 Å². The smallest absolute Gasteiger partial charge is 0.0236 e. The van der Waals surface area contributed by atoms with Crippen molar-refractivity contribution in [3.05, 3.63) is 34.4 Å². The lowest BCUT2D eigenvalue weighted by Crippen LogP contribution is -2.27. The van der Waals surface area contributed by atoms with Crippen LogP contribution in [0.2, 0.25) is 0 Å². The summed E-state index contributed by atoms with van der Waals surface area (Å²) in [5, 5.41) is 3.18. The summed E-state index contributed by atoms with van der Waals surface area (Å²) in [6, 6.07) is 4.54. The summed E-state index contributed by atoms with van der Waals surface area (Å²) in [6.45, 7) is 9.75. The van der Waals surface area contributed by atoms with Crippen molar-refractivity contribution < 1.29 is 0 Å². The van der Waals surface area contributed by atoms with E-state index in [9.17, 15) is 0 Å². The SMILES string of the molecule is CNCCN(C)Cc1c(C)cc(C)cc1C. The predicted molar refractivity (Wildman–Crippen MR) is 70.9 cm³/mol. The highest BCUT2D eigenvalue weighted by molar-refractivity contribution is 5.37. The van der Waals surface area contributed by atoms with Gasteiger partial charge < -0.3 is 10.2 Å². The third-order valence-corrected chi connectivity index (χ3v) is 3.01. The van der Waals surface area contributed by atoms with Crippen LogP contribution in [0.25, 0.3) is 0 Å². The summed E-state index contributed by atoms with van der Waals surface area (Å²) >= 11 is 0. The van der Waals surface area contributed by atoms with Crippen molar-refractivity contribution in [2.75, 3.05) is 27.2 Å². The quantitative estimate of drug-likeness (QED) is 0.819. The van der Waals surface area contributed by atoms with Crippen LogP contribution in [0, 0.1) is 20.8 Å². The van der Waals surface area contributed by atoms with Crippen LogP contribution in [-0.4, -0.2) is 32.1 Å². The fraction of sp³-hybridized carbons (Fsp3) is 0.571. The summed E-state index contributed by atoms with van der Waals surface area (Å²) < 4.78 is 0. The van der Waals surface area contributed by atoms with Gasteiger partial charge in [0.2, 0.25) is 0 Å². The molecule has 0 unspecified atom stereocenters. The second-order valence-corrected chi connectivity index (χ2v) is 4.72. The van der Waals surface area contributed by atoms with Crippen LogP contribution in [0.4, 0.5) is 0 Å². The molecule has 1 N–H and O–H groups in total. The molecule has 0 aliphatic heterocycles. The molecule has 1 rings (SSSR count). The molecule has 90 valence electrons. The van der Waals surface area contributed by atoms with E-state index in [0.29, 0.717) is 0 Å². The van der Waals surface area contributed by atoms with Crippen LogP contribution in [0.15, 0.2) is 12.1 Å². The van der Waals surface area contributed by atoms with Gasteiger partial charge in [0.1, 0.15) is 0 Å². The van der Waals surface area contributed by atoms with Crippen LogP contribution >= 0.6 is 0 Å². The van der Waals surface area contributed by atoms with E-state index in [1.54, 1.807) is 0 Å². The molecule has 0 radical (unpaired) electrons. The van der Waals surface area contributed by atoms with Crippen LogP contribution in [0.5, 0.6) is 0 Å². The number of benzene rings is 1. The van der Waals surface area contributed by atoms with E-state index in [0.717, 1.165) is 19.6 Å². The van der Waals surface area contributed by atoms with Gasteiger partial charge in [0, 0.05) is 19.6 Å². The maximum Gasteiger partial charge on any atom is 0.0236 e. The molecule has 0 amide bonds. The summed E-state index contributed by atoms with van der Waals surface area (Å²) in [5.74, 6) is 0. The molecule has 0 atom stereocenters. The van der Waals surface area contributed by atoms with Crippen molar-refractivity contribution in [3.8, 4) is 0 Å². The monoisotopic (exact) mass is 220 g/mol. The van der Waals surface area contributed by atoms with Gasteiger partial charge in [0.25, 0.3) is 0 Å². The fourth-order valence-electron chi connectivity index (χ4n) is 2.11. The third-order valence-electron chi connectivity index (χ3n) is 3.01. The molecule has 2 nitrogen and oxygen atoms in total. The van der Waals surface area contributed by atoms with Crippen molar-refractivity contribution in [1.82, 2.24) is 10.2 Å². The normalized spacial score (nSPS) is 11.1. The Labute approximate surface area is 99.7 Å². The first-order chi connectivity index (χ1) is 7.54. The maximum absolute atomic E-state index is 3.18. The Bertz CT molecular complexity index is 322. The first-order valence-electron chi connectivity index (χ1n) is 5.94. The van der Waals surface area contributed by atoms with E-state index in [4.69, 9.17) is 0 Å². The summed E-state index contributed by atoms with van der Waals surface area (Å²) in [7, 11) is 4.17. The lowest BCUT2D eigenvalue weighted by atomic mass is 9.99. The molecule has 0 bridgehead atoms. The number of rotatable bonds is 5. The highest BCUT2D eigenvalue weighted by atomic mass is 15.1. The largest absolute Gasteiger partial charge is 0.318 e. The van der Waals surface area contributed by atoms with E-state index < -0.39 is 0 Å². The molecule has 0 aliphatic carbocycles. The lowest BCUT2D eigenvalue weighted by molar-refractivity contribution is 0.327. The minimum atomic E-state index is 1.04. The van der Waals surface area contributed by atoms with E-state index in [-0.39, 0.29) is 0 Å². The number of hydrogen-bond acceptors (Lipinski definition) is 2. The number of nitrogens with zero attached hydrogens (tertiary/aromatic N) is 1. The summed E-state index contributed by atoms with van der Waals surface area (Å²) in [6.07, 6.45) is 0. The van der Waals surface area contributed by atoms with Gasteiger partial charge in [0.15, 0.2) is 0 Å². The van der Waals surface area contributed by atoms with Crippen molar-refractivity contribution in [3.63, 3.8) is 0 Å². The molecule has 0 aromatic heterocycles. The van der Waals surface area contributed by atoms with Crippen molar-refractivity contribution in [2.45, 2.75) is 27.3 Å². The standard InChI is InChI=1S/C14H24N2/c1-11-8-12(2)14(13(3)9-11)10-16(5)7-6-15-4/h8-9,15H,6-7,10H2,1-5H3. The van der Waals surface area contributed by atoms with Crippen LogP contribution in [-0.2, 0) is 6.54 Å². The summed E-state index contributed by atoms with van der Waals surface area (Å²) in [5.41, 5.74) is 5.66. The molecule has 0 aliphatic rings. The molecule has 2 heteroatoms. The van der Waals surface area contributed by atoms with Crippen molar-refractivity contribution >= 4 is 0 Å². The zero-order chi connectivity index (χ0) is 12.1. The molecular weight excluding hydrogens is 196 g/mol. The minimum Gasteiger partial charge on any atom is -0.318 e. The highest BCUT2D eigenvalue weighted by Gasteiger charge is 2.06. The number of hydrogen-bond donors (Lipinski definition) is 1. The van der Waals surface area contributed by atoms with Gasteiger partial charge in [-0.15, -0.1) is 0 Å². The first kappa shape index (κ1) is 13.2. The second-order valence-electron chi connectivity index (χ2n) is 4.72. The molecular formula is C14H24N2. The van der Waals surface area contributed by atoms with E-state index >= 15 is 0 Å².